The molecule has 0 heterocycles. The van der Waals surface area contributed by atoms with E-state index in [1.807, 2.05) is 0 Å². The van der Waals surface area contributed by atoms with Crippen molar-refractivity contribution in [3.8, 4) is 0 Å². The number of hydrogen-bond acceptors (Lipinski definition) is 0. The van der Waals surface area contributed by atoms with Crippen LogP contribution in [-0.2, 0) is 17.1 Å². The van der Waals surface area contributed by atoms with Crippen LogP contribution < -0.4 is 31.8 Å². The van der Waals surface area contributed by atoms with Crippen LogP contribution in [0.2, 0.25) is 0 Å². The first kappa shape index (κ1) is 34.3. The molecule has 0 aliphatic heterocycles. The Kier molecular flexibility index (Phi) is 11.8. The first-order valence-corrected chi connectivity index (χ1v) is 16.8. The minimum absolute atomic E-state index is 0. The van der Waals surface area contributed by atoms with Crippen molar-refractivity contribution >= 4 is 60.1 Å². The SMILES string of the molecule is Cc1cc(C)cc(P(c2cc(C)cc(C)c2)c2ccccc2P(c2cc(C)cc(C)c2)c2cc(C)cc(C)c2)c1.Cl.[Fe]. The Morgan fingerprint density at radius 2 is 0.524 bits per heavy atom. The first-order valence-electron chi connectivity index (χ1n) is 14.1. The van der Waals surface area contributed by atoms with Crippen LogP contribution in [0, 0.1) is 55.4 Å². The van der Waals surface area contributed by atoms with Gasteiger partial charge < -0.3 is 0 Å². The summed E-state index contributed by atoms with van der Waals surface area (Å²) < 4.78 is 0. The molecule has 0 spiro atoms. The van der Waals surface area contributed by atoms with E-state index in [1.165, 1.54) is 76.3 Å². The molecule has 0 bridgehead atoms. The molecule has 0 aromatic heterocycles. The van der Waals surface area contributed by atoms with Gasteiger partial charge in [0.2, 0.25) is 0 Å². The molecule has 0 saturated heterocycles. The van der Waals surface area contributed by atoms with Crippen molar-refractivity contribution in [1.82, 2.24) is 0 Å². The van der Waals surface area contributed by atoms with Crippen LogP contribution in [-0.4, -0.2) is 0 Å². The third-order valence-corrected chi connectivity index (χ3v) is 12.2. The van der Waals surface area contributed by atoms with Crippen LogP contribution in [0.15, 0.2) is 97.1 Å². The first-order chi connectivity index (χ1) is 19.1. The largest absolute Gasteiger partial charge is 0.147 e. The van der Waals surface area contributed by atoms with Crippen LogP contribution >= 0.6 is 28.3 Å². The molecule has 4 heteroatoms. The molecule has 0 atom stereocenters. The van der Waals surface area contributed by atoms with Crippen LogP contribution in [0.5, 0.6) is 0 Å². The smallest absolute Gasteiger partial charge is 0 e. The van der Waals surface area contributed by atoms with Crippen molar-refractivity contribution in [2.45, 2.75) is 55.4 Å². The molecule has 0 saturated carbocycles. The zero-order valence-corrected chi connectivity index (χ0v) is 29.6. The van der Waals surface area contributed by atoms with Crippen LogP contribution in [0.1, 0.15) is 44.5 Å². The van der Waals surface area contributed by atoms with Crippen molar-refractivity contribution < 1.29 is 17.1 Å². The average Bonchev–Trinajstić information content (AvgIpc) is 2.83. The normalized spacial score (nSPS) is 10.9. The van der Waals surface area contributed by atoms with Gasteiger partial charge in [0.1, 0.15) is 0 Å². The summed E-state index contributed by atoms with van der Waals surface area (Å²) in [4.78, 5) is 0. The second-order valence-electron chi connectivity index (χ2n) is 11.5. The molecule has 0 aliphatic carbocycles. The van der Waals surface area contributed by atoms with E-state index in [-0.39, 0.29) is 29.5 Å². The average molecular weight is 651 g/mol. The number of hydrogen-bond donors (Lipinski definition) is 0. The third kappa shape index (κ3) is 7.83. The molecule has 0 aliphatic rings. The fraction of sp³-hybridized carbons (Fsp3) is 0.211. The van der Waals surface area contributed by atoms with Crippen molar-refractivity contribution in [2.75, 3.05) is 0 Å². The fourth-order valence-corrected chi connectivity index (χ4v) is 12.1. The van der Waals surface area contributed by atoms with Crippen LogP contribution in [0.3, 0.4) is 0 Å². The maximum Gasteiger partial charge on any atom is 0 e. The number of aryl methyl sites for hydroxylation is 8. The molecule has 0 radical (unpaired) electrons. The van der Waals surface area contributed by atoms with E-state index < -0.39 is 15.8 Å². The maximum absolute atomic E-state index is 2.42. The van der Waals surface area contributed by atoms with Gasteiger partial charge in [0.05, 0.1) is 0 Å². The molecule has 5 rings (SSSR count). The van der Waals surface area contributed by atoms with E-state index in [0.29, 0.717) is 0 Å². The Morgan fingerprint density at radius 3 is 0.714 bits per heavy atom. The number of rotatable bonds is 6. The quantitative estimate of drug-likeness (QED) is 0.129. The molecular formula is C38H41ClFeP2. The van der Waals surface area contributed by atoms with E-state index in [2.05, 4.69) is 152 Å². The Labute approximate surface area is 272 Å². The van der Waals surface area contributed by atoms with Gasteiger partial charge in [-0.1, -0.05) is 142 Å². The summed E-state index contributed by atoms with van der Waals surface area (Å²) in [5.41, 5.74) is 10.6. The summed E-state index contributed by atoms with van der Waals surface area (Å²) in [6, 6.07) is 37.9. The van der Waals surface area contributed by atoms with Crippen molar-refractivity contribution in [3.63, 3.8) is 0 Å². The zero-order chi connectivity index (χ0) is 28.6. The van der Waals surface area contributed by atoms with Crippen molar-refractivity contribution in [3.05, 3.63) is 142 Å². The van der Waals surface area contributed by atoms with Gasteiger partial charge in [-0.3, -0.25) is 0 Å². The van der Waals surface area contributed by atoms with E-state index in [1.54, 1.807) is 0 Å². The molecule has 0 N–H and O–H groups in total. The fourth-order valence-electron chi connectivity index (χ4n) is 6.02. The number of halogens is 1. The molecular weight excluding hydrogens is 610 g/mol. The number of benzene rings is 5. The zero-order valence-electron chi connectivity index (χ0n) is 25.9. The Morgan fingerprint density at radius 1 is 0.333 bits per heavy atom. The minimum atomic E-state index is -0.759. The molecule has 218 valence electrons. The standard InChI is InChI=1S/C38H40P2.ClH.Fe/c1-25-13-26(2)18-33(17-25)39(34-19-27(3)14-28(4)20-34)37-11-9-10-12-38(37)40(35-21-29(5)15-30(6)22-35)36-23-31(7)16-32(8)24-36;;/h9-24H,1-8H3;1H;. The van der Waals surface area contributed by atoms with E-state index in [9.17, 15) is 0 Å². The second-order valence-corrected chi connectivity index (χ2v) is 15.9. The predicted octanol–water partition coefficient (Wildman–Crippen LogP) is 8.09. The monoisotopic (exact) mass is 650 g/mol. The van der Waals surface area contributed by atoms with Crippen LogP contribution in [0.4, 0.5) is 0 Å². The molecule has 0 unspecified atom stereocenters. The van der Waals surface area contributed by atoms with E-state index in [0.717, 1.165) is 0 Å². The summed E-state index contributed by atoms with van der Waals surface area (Å²) in [6.07, 6.45) is 0. The van der Waals surface area contributed by atoms with Gasteiger partial charge in [-0.15, -0.1) is 12.4 Å². The molecule has 0 nitrogen and oxygen atoms in total. The molecule has 0 amide bonds. The molecule has 42 heavy (non-hydrogen) atoms. The Balaban J connectivity index is 0.00000242. The van der Waals surface area contributed by atoms with Gasteiger partial charge in [0.15, 0.2) is 0 Å². The summed E-state index contributed by atoms with van der Waals surface area (Å²) >= 11 is 0. The maximum atomic E-state index is 2.42. The van der Waals surface area contributed by atoms with Gasteiger partial charge in [-0.25, -0.2) is 0 Å². The topological polar surface area (TPSA) is 0 Å². The second kappa shape index (κ2) is 14.5. The van der Waals surface area contributed by atoms with Gasteiger partial charge in [0, 0.05) is 17.1 Å². The van der Waals surface area contributed by atoms with Gasteiger partial charge in [0.25, 0.3) is 0 Å². The third-order valence-electron chi connectivity index (χ3n) is 7.22. The van der Waals surface area contributed by atoms with Crippen LogP contribution in [0.25, 0.3) is 0 Å². The molecule has 0 fully saturated rings. The summed E-state index contributed by atoms with van der Waals surface area (Å²) in [5, 5.41) is 8.66. The van der Waals surface area contributed by atoms with Crippen molar-refractivity contribution in [1.29, 1.82) is 0 Å². The van der Waals surface area contributed by atoms with E-state index >= 15 is 0 Å². The van der Waals surface area contributed by atoms with Crippen molar-refractivity contribution in [2.24, 2.45) is 0 Å². The Hall–Kier alpha value is -2.23. The van der Waals surface area contributed by atoms with E-state index in [4.69, 9.17) is 0 Å². The Bertz CT molecular complexity index is 1400. The summed E-state index contributed by atoms with van der Waals surface area (Å²) in [5.74, 6) is 0. The summed E-state index contributed by atoms with van der Waals surface area (Å²) in [7, 11) is -1.52. The molecule has 5 aromatic carbocycles. The van der Waals surface area contributed by atoms with Gasteiger partial charge in [-0.2, -0.15) is 0 Å². The summed E-state index contributed by atoms with van der Waals surface area (Å²) in [6.45, 7) is 17.9. The minimum Gasteiger partial charge on any atom is -0.147 e. The molecule has 5 aromatic rings. The predicted molar refractivity (Wildman–Crippen MR) is 189 cm³/mol. The van der Waals surface area contributed by atoms with Gasteiger partial charge >= 0.3 is 0 Å². The van der Waals surface area contributed by atoms with Gasteiger partial charge in [-0.05, 0) is 103 Å².